The predicted octanol–water partition coefficient (Wildman–Crippen LogP) is -0.409. The van der Waals surface area contributed by atoms with Gasteiger partial charge in [0.05, 0.1) is 1.37 Å². The summed E-state index contributed by atoms with van der Waals surface area (Å²) in [7, 11) is 0. The first-order valence-electron chi connectivity index (χ1n) is 4.26. The van der Waals surface area contributed by atoms with Crippen molar-refractivity contribution in [2.24, 2.45) is 11.5 Å². The highest BCUT2D eigenvalue weighted by Gasteiger charge is 2.07. The maximum atomic E-state index is 10.3. The number of carboxylic acids is 1. The second-order valence-corrected chi connectivity index (χ2v) is 0.988. The van der Waals surface area contributed by atoms with E-state index in [1.807, 2.05) is 0 Å². The molecule has 0 aromatic heterocycles. The van der Waals surface area contributed by atoms with Crippen molar-refractivity contribution in [3.05, 3.63) is 0 Å². The fraction of sp³-hybridized carbons (Fsp3) is 0.750. The van der Waals surface area contributed by atoms with Crippen molar-refractivity contribution < 1.29 is 16.8 Å². The Morgan fingerprint density at radius 3 is 2.30 bits per heavy atom. The van der Waals surface area contributed by atoms with E-state index in [1.54, 1.807) is 0 Å². The van der Waals surface area contributed by atoms with Gasteiger partial charge in [-0.25, -0.2) is 0 Å². The van der Waals surface area contributed by atoms with E-state index >= 15 is 0 Å². The van der Waals surface area contributed by atoms with Crippen molar-refractivity contribution in [1.29, 1.82) is 0 Å². The summed E-state index contributed by atoms with van der Waals surface area (Å²) in [6.07, 6.45) is -3.19. The van der Waals surface area contributed by atoms with Crippen LogP contribution in [0.5, 0.6) is 0 Å². The predicted molar refractivity (Wildman–Crippen MR) is 43.8 cm³/mol. The fourth-order valence-corrected chi connectivity index (χ4v) is 0.131. The second kappa shape index (κ2) is 8.97. The molecular weight excluding hydrogens is 179 g/mol. The molecule has 0 spiro atoms. The lowest BCUT2D eigenvalue weighted by Crippen LogP contribution is -2.32. The normalized spacial score (nSPS) is 24.0. The van der Waals surface area contributed by atoms with E-state index in [1.165, 1.54) is 0 Å². The summed E-state index contributed by atoms with van der Waals surface area (Å²) in [5.74, 6) is -1.98. The number of carbonyl (C=O) groups is 1. The lowest BCUT2D eigenvalue weighted by atomic mass is 10.2. The van der Waals surface area contributed by atoms with Crippen molar-refractivity contribution in [3.63, 3.8) is 0 Å². The molecule has 0 fully saturated rings. The molecule has 0 heterocycles. The zero-order valence-electron chi connectivity index (χ0n) is 9.83. The van der Waals surface area contributed by atoms with Gasteiger partial charge in [-0.15, -0.1) is 24.8 Å². The highest BCUT2D eigenvalue weighted by molar-refractivity contribution is 5.85. The van der Waals surface area contributed by atoms with Crippen LogP contribution in [0.15, 0.2) is 0 Å². The SMILES string of the molecule is Cl.Cl.[2H]C([2H])(N)C([2H])([2H])[C@@]([2H])(N)C(=O)O. The third-order valence-electron chi connectivity index (χ3n) is 0.437. The zero-order valence-corrected chi connectivity index (χ0v) is 6.46. The zero-order chi connectivity index (χ0) is 11.1. The Balaban J connectivity index is -0.000000720. The molecule has 0 aromatic carbocycles. The summed E-state index contributed by atoms with van der Waals surface area (Å²) in [6, 6.07) is -3.12. The molecule has 0 aliphatic rings. The van der Waals surface area contributed by atoms with E-state index in [4.69, 9.17) is 23.4 Å². The molecule has 5 N–H and O–H groups in total. The van der Waals surface area contributed by atoms with Crippen LogP contribution < -0.4 is 11.5 Å². The molecule has 4 nitrogen and oxygen atoms in total. The molecular formula is C4H12Cl2N2O2. The molecule has 0 aromatic rings. The van der Waals surface area contributed by atoms with E-state index in [0.29, 0.717) is 0 Å². The molecule has 64 valence electrons. The summed E-state index contributed by atoms with van der Waals surface area (Å²) in [6.45, 7) is -3.00. The molecule has 0 aliphatic carbocycles. The number of hydrogen-bond acceptors (Lipinski definition) is 3. The number of rotatable bonds is 3. The van der Waals surface area contributed by atoms with Gasteiger partial charge in [-0.1, -0.05) is 0 Å². The standard InChI is InChI=1S/C4H10N2O2.2ClH/c5-2-1-3(6)4(7)8;;/h3H,1-2,5-6H2,(H,7,8);2*1H/t3-;;/m1../s1/i1D2,2D2,3D;;. The molecule has 1 atom stereocenters. The Hall–Kier alpha value is -0.0300. The van der Waals surface area contributed by atoms with Gasteiger partial charge in [0.1, 0.15) is 6.02 Å². The molecule has 0 radical (unpaired) electrons. The number of carboxylic acid groups (broad SMARTS) is 1. The number of halogens is 2. The lowest BCUT2D eigenvalue weighted by molar-refractivity contribution is -0.138. The van der Waals surface area contributed by atoms with Crippen LogP contribution in [-0.4, -0.2) is 23.6 Å². The molecule has 0 saturated carbocycles. The van der Waals surface area contributed by atoms with Crippen LogP contribution in [0.2, 0.25) is 0 Å². The van der Waals surface area contributed by atoms with Crippen LogP contribution in [0.3, 0.4) is 0 Å². The topological polar surface area (TPSA) is 89.3 Å². The molecule has 0 unspecified atom stereocenters. The van der Waals surface area contributed by atoms with Crippen molar-refractivity contribution in [3.8, 4) is 0 Å². The van der Waals surface area contributed by atoms with Gasteiger partial charge in [0.15, 0.2) is 0 Å². The minimum atomic E-state index is -3.19. The van der Waals surface area contributed by atoms with E-state index in [9.17, 15) is 4.79 Å². The van der Waals surface area contributed by atoms with E-state index in [0.717, 1.165) is 0 Å². The average Bonchev–Trinajstić information content (AvgIpc) is 1.84. The van der Waals surface area contributed by atoms with Gasteiger partial charge in [-0.2, -0.15) is 0 Å². The van der Waals surface area contributed by atoms with Gasteiger partial charge < -0.3 is 16.6 Å². The Morgan fingerprint density at radius 1 is 1.80 bits per heavy atom. The first kappa shape index (κ1) is 5.60. The maximum absolute atomic E-state index is 10.3. The smallest absolute Gasteiger partial charge is 0.320 e. The number of nitrogens with two attached hydrogens (primary N) is 2. The minimum Gasteiger partial charge on any atom is -0.480 e. The summed E-state index contributed by atoms with van der Waals surface area (Å²) < 4.78 is 34.5. The molecule has 6 heteroatoms. The monoisotopic (exact) mass is 195 g/mol. The van der Waals surface area contributed by atoms with Crippen molar-refractivity contribution in [2.45, 2.75) is 12.4 Å². The number of hydrogen-bond donors (Lipinski definition) is 3. The number of aliphatic carboxylic acids is 1. The fourth-order valence-electron chi connectivity index (χ4n) is 0.131. The van der Waals surface area contributed by atoms with Crippen LogP contribution in [0.25, 0.3) is 0 Å². The van der Waals surface area contributed by atoms with Crippen LogP contribution in [0.4, 0.5) is 0 Å². The van der Waals surface area contributed by atoms with Crippen molar-refractivity contribution in [1.82, 2.24) is 0 Å². The van der Waals surface area contributed by atoms with E-state index in [2.05, 4.69) is 0 Å². The van der Waals surface area contributed by atoms with Crippen LogP contribution in [-0.2, 0) is 4.79 Å². The molecule has 0 aliphatic heterocycles. The van der Waals surface area contributed by atoms with E-state index in [-0.39, 0.29) is 24.8 Å². The van der Waals surface area contributed by atoms with Gasteiger partial charge in [0.25, 0.3) is 0 Å². The van der Waals surface area contributed by atoms with Gasteiger partial charge in [-0.3, -0.25) is 4.79 Å². The first-order chi connectivity index (χ1) is 5.44. The largest absolute Gasteiger partial charge is 0.480 e. The van der Waals surface area contributed by atoms with Gasteiger partial charge in [0, 0.05) is 5.48 Å². The average molecular weight is 196 g/mol. The molecule has 0 bridgehead atoms. The molecule has 0 rings (SSSR count). The highest BCUT2D eigenvalue weighted by Crippen LogP contribution is 1.82. The molecule has 10 heavy (non-hydrogen) atoms. The summed E-state index contributed by atoms with van der Waals surface area (Å²) in [4.78, 5) is 10.3. The Morgan fingerprint density at radius 2 is 2.20 bits per heavy atom. The van der Waals surface area contributed by atoms with Gasteiger partial charge in [0.2, 0.25) is 0 Å². The highest BCUT2D eigenvalue weighted by atomic mass is 35.5. The van der Waals surface area contributed by atoms with Gasteiger partial charge >= 0.3 is 5.97 Å². The minimum absolute atomic E-state index is 0. The van der Waals surface area contributed by atoms with Crippen molar-refractivity contribution in [2.75, 3.05) is 6.50 Å². The van der Waals surface area contributed by atoms with Crippen molar-refractivity contribution >= 4 is 30.8 Å². The lowest BCUT2D eigenvalue weighted by Gasteiger charge is -2.00. The van der Waals surface area contributed by atoms with Crippen LogP contribution >= 0.6 is 24.8 Å². The Labute approximate surface area is 78.8 Å². The van der Waals surface area contributed by atoms with Crippen LogP contribution in [0.1, 0.15) is 13.2 Å². The first-order valence-corrected chi connectivity index (χ1v) is 1.76. The maximum Gasteiger partial charge on any atom is 0.320 e. The summed E-state index contributed by atoms with van der Waals surface area (Å²) in [5, 5.41) is 8.37. The Bertz CT molecular complexity index is 232. The summed E-state index contributed by atoms with van der Waals surface area (Å²) in [5.41, 5.74) is 9.53. The summed E-state index contributed by atoms with van der Waals surface area (Å²) >= 11 is 0. The molecule has 0 amide bonds. The van der Waals surface area contributed by atoms with Crippen LogP contribution in [0, 0.1) is 0 Å². The van der Waals surface area contributed by atoms with E-state index < -0.39 is 24.9 Å². The quantitative estimate of drug-likeness (QED) is 0.572. The van der Waals surface area contributed by atoms with Gasteiger partial charge in [-0.05, 0) is 12.9 Å². The Kier molecular flexibility index (Phi) is 5.02. The second-order valence-electron chi connectivity index (χ2n) is 0.988. The third kappa shape index (κ3) is 7.97. The third-order valence-corrected chi connectivity index (χ3v) is 0.437. The molecule has 0 saturated heterocycles.